The van der Waals surface area contributed by atoms with Crippen LogP contribution in [0, 0.1) is 0 Å². The molecule has 2 aromatic rings. The van der Waals surface area contributed by atoms with Crippen LogP contribution in [-0.2, 0) is 0 Å². The molecule has 0 saturated heterocycles. The summed E-state index contributed by atoms with van der Waals surface area (Å²) in [6, 6.07) is 4.09. The fourth-order valence-corrected chi connectivity index (χ4v) is 3.04. The van der Waals surface area contributed by atoms with Crippen molar-refractivity contribution in [2.75, 3.05) is 0 Å². The summed E-state index contributed by atoms with van der Waals surface area (Å²) in [5, 5.41) is 0. The van der Waals surface area contributed by atoms with Crippen molar-refractivity contribution in [2.45, 2.75) is 38.0 Å². The van der Waals surface area contributed by atoms with Crippen LogP contribution < -0.4 is 0 Å². The van der Waals surface area contributed by atoms with Gasteiger partial charge in [0.1, 0.15) is 0 Å². The molecule has 1 aliphatic rings. The largest absolute Gasteiger partial charge is 0.306 e. The van der Waals surface area contributed by atoms with Crippen molar-refractivity contribution in [1.29, 1.82) is 0 Å². The monoisotopic (exact) mass is 278 g/mol. The van der Waals surface area contributed by atoms with Crippen molar-refractivity contribution in [2.24, 2.45) is 0 Å². The van der Waals surface area contributed by atoms with Crippen molar-refractivity contribution < 1.29 is 0 Å². The Bertz CT molecular complexity index is 498. The molecule has 84 valence electrons. The number of hydrogen-bond acceptors (Lipinski definition) is 1. The molecule has 0 unspecified atom stereocenters. The summed E-state index contributed by atoms with van der Waals surface area (Å²) in [5.74, 6) is 0.681. The molecule has 1 aliphatic carbocycles. The van der Waals surface area contributed by atoms with Gasteiger partial charge in [0, 0.05) is 18.3 Å². The summed E-state index contributed by atoms with van der Waals surface area (Å²) in [4.78, 5) is 4.75. The number of hydrogen-bond donors (Lipinski definition) is 0. The second-order valence-electron chi connectivity index (χ2n) is 4.59. The Balaban J connectivity index is 2.01. The van der Waals surface area contributed by atoms with Gasteiger partial charge in [0.25, 0.3) is 0 Å². The van der Waals surface area contributed by atoms with Crippen LogP contribution in [0.25, 0.3) is 5.65 Å². The van der Waals surface area contributed by atoms with Gasteiger partial charge in [-0.1, -0.05) is 19.3 Å². The van der Waals surface area contributed by atoms with E-state index in [1.807, 2.05) is 12.1 Å². The fourth-order valence-electron chi connectivity index (χ4n) is 2.59. The van der Waals surface area contributed by atoms with Crippen LogP contribution in [0.5, 0.6) is 0 Å². The summed E-state index contributed by atoms with van der Waals surface area (Å²) in [6.07, 6.45) is 11.0. The summed E-state index contributed by atoms with van der Waals surface area (Å²) in [7, 11) is 0. The van der Waals surface area contributed by atoms with Crippen LogP contribution in [0.15, 0.2) is 29.0 Å². The number of aromatic nitrogens is 2. The lowest BCUT2D eigenvalue weighted by Gasteiger charge is -2.19. The lowest BCUT2D eigenvalue weighted by Crippen LogP contribution is -2.04. The van der Waals surface area contributed by atoms with E-state index in [4.69, 9.17) is 4.98 Å². The van der Waals surface area contributed by atoms with Gasteiger partial charge in [0.15, 0.2) is 5.65 Å². The summed E-state index contributed by atoms with van der Waals surface area (Å²) in [6.45, 7) is 0. The van der Waals surface area contributed by atoms with Crippen LogP contribution in [0.2, 0.25) is 0 Å². The smallest absolute Gasteiger partial charge is 0.151 e. The molecule has 0 aromatic carbocycles. The van der Waals surface area contributed by atoms with Gasteiger partial charge in [-0.25, -0.2) is 4.98 Å². The van der Waals surface area contributed by atoms with Crippen molar-refractivity contribution in [3.63, 3.8) is 0 Å². The van der Waals surface area contributed by atoms with Gasteiger partial charge in [-0.2, -0.15) is 0 Å². The third kappa shape index (κ3) is 1.77. The third-order valence-corrected chi connectivity index (χ3v) is 4.10. The predicted molar refractivity (Wildman–Crippen MR) is 68.7 cm³/mol. The van der Waals surface area contributed by atoms with Crippen LogP contribution in [-0.4, -0.2) is 9.38 Å². The van der Waals surface area contributed by atoms with E-state index < -0.39 is 0 Å². The van der Waals surface area contributed by atoms with Crippen LogP contribution >= 0.6 is 15.9 Å². The molecule has 0 bridgehead atoms. The maximum atomic E-state index is 4.75. The molecule has 3 heteroatoms. The van der Waals surface area contributed by atoms with E-state index in [-0.39, 0.29) is 0 Å². The van der Waals surface area contributed by atoms with Crippen LogP contribution in [0.3, 0.4) is 0 Å². The predicted octanol–water partition coefficient (Wildman–Crippen LogP) is 4.14. The molecule has 0 atom stereocenters. The first-order valence-electron chi connectivity index (χ1n) is 5.98. The lowest BCUT2D eigenvalue weighted by molar-refractivity contribution is 0.438. The SMILES string of the molecule is Brc1cccn2cc(C3CCCCC3)nc12. The molecule has 0 radical (unpaired) electrons. The summed E-state index contributed by atoms with van der Waals surface area (Å²) >= 11 is 3.55. The molecular formula is C13H15BrN2. The highest BCUT2D eigenvalue weighted by Crippen LogP contribution is 2.32. The number of rotatable bonds is 1. The summed E-state index contributed by atoms with van der Waals surface area (Å²) in [5.41, 5.74) is 2.31. The molecule has 2 heterocycles. The molecule has 2 nitrogen and oxygen atoms in total. The Morgan fingerprint density at radius 2 is 2.06 bits per heavy atom. The lowest BCUT2D eigenvalue weighted by atomic mass is 9.87. The number of imidazole rings is 1. The van der Waals surface area contributed by atoms with E-state index in [1.165, 1.54) is 37.8 Å². The first-order chi connectivity index (χ1) is 7.84. The van der Waals surface area contributed by atoms with E-state index in [0.717, 1.165) is 10.1 Å². The first kappa shape index (κ1) is 10.3. The molecular weight excluding hydrogens is 264 g/mol. The molecule has 16 heavy (non-hydrogen) atoms. The normalized spacial score (nSPS) is 18.1. The van der Waals surface area contributed by atoms with E-state index >= 15 is 0 Å². The van der Waals surface area contributed by atoms with E-state index in [0.29, 0.717) is 5.92 Å². The molecule has 3 rings (SSSR count). The minimum absolute atomic E-state index is 0.681. The second-order valence-corrected chi connectivity index (χ2v) is 5.44. The Morgan fingerprint density at radius 3 is 2.81 bits per heavy atom. The summed E-state index contributed by atoms with van der Waals surface area (Å²) < 4.78 is 3.20. The maximum Gasteiger partial charge on any atom is 0.151 e. The Morgan fingerprint density at radius 1 is 1.25 bits per heavy atom. The van der Waals surface area contributed by atoms with Crippen molar-refractivity contribution in [1.82, 2.24) is 9.38 Å². The minimum atomic E-state index is 0.681. The van der Waals surface area contributed by atoms with Crippen molar-refractivity contribution in [3.05, 3.63) is 34.7 Å². The molecule has 1 saturated carbocycles. The average molecular weight is 279 g/mol. The number of fused-ring (bicyclic) bond motifs is 1. The fraction of sp³-hybridized carbons (Fsp3) is 0.462. The highest BCUT2D eigenvalue weighted by molar-refractivity contribution is 9.10. The number of nitrogens with zero attached hydrogens (tertiary/aromatic N) is 2. The van der Waals surface area contributed by atoms with E-state index in [1.54, 1.807) is 0 Å². The van der Waals surface area contributed by atoms with Gasteiger partial charge in [-0.3, -0.25) is 0 Å². The highest BCUT2D eigenvalue weighted by atomic mass is 79.9. The van der Waals surface area contributed by atoms with Crippen LogP contribution in [0.1, 0.15) is 43.7 Å². The molecule has 1 fully saturated rings. The number of halogens is 1. The van der Waals surface area contributed by atoms with Gasteiger partial charge in [0.2, 0.25) is 0 Å². The maximum absolute atomic E-state index is 4.75. The quantitative estimate of drug-likeness (QED) is 0.766. The van der Waals surface area contributed by atoms with Crippen molar-refractivity contribution in [3.8, 4) is 0 Å². The van der Waals surface area contributed by atoms with E-state index in [2.05, 4.69) is 32.7 Å². The zero-order valence-electron chi connectivity index (χ0n) is 9.19. The molecule has 0 aliphatic heterocycles. The van der Waals surface area contributed by atoms with Gasteiger partial charge in [0.05, 0.1) is 10.2 Å². The molecule has 2 aromatic heterocycles. The Labute approximate surface area is 104 Å². The zero-order chi connectivity index (χ0) is 11.0. The number of pyridine rings is 1. The topological polar surface area (TPSA) is 17.3 Å². The third-order valence-electron chi connectivity index (χ3n) is 3.48. The standard InChI is InChI=1S/C13H15BrN2/c14-11-7-4-8-16-9-12(15-13(11)16)10-5-2-1-3-6-10/h4,7-10H,1-3,5-6H2. The van der Waals surface area contributed by atoms with Gasteiger partial charge in [-0.15, -0.1) is 0 Å². The second kappa shape index (κ2) is 4.21. The molecule has 0 spiro atoms. The Hall–Kier alpha value is -0.830. The van der Waals surface area contributed by atoms with Gasteiger partial charge >= 0.3 is 0 Å². The first-order valence-corrected chi connectivity index (χ1v) is 6.77. The average Bonchev–Trinajstić information content (AvgIpc) is 2.76. The molecule has 0 N–H and O–H groups in total. The zero-order valence-corrected chi connectivity index (χ0v) is 10.8. The van der Waals surface area contributed by atoms with Crippen molar-refractivity contribution >= 4 is 21.6 Å². The van der Waals surface area contributed by atoms with Gasteiger partial charge < -0.3 is 4.40 Å². The van der Waals surface area contributed by atoms with E-state index in [9.17, 15) is 0 Å². The van der Waals surface area contributed by atoms with Gasteiger partial charge in [-0.05, 0) is 40.9 Å². The minimum Gasteiger partial charge on any atom is -0.306 e. The Kier molecular flexibility index (Phi) is 2.72. The molecule has 0 amide bonds. The highest BCUT2D eigenvalue weighted by Gasteiger charge is 2.18. The van der Waals surface area contributed by atoms with Crippen LogP contribution in [0.4, 0.5) is 0 Å².